The fourth-order valence-corrected chi connectivity index (χ4v) is 3.16. The second kappa shape index (κ2) is 6.60. The molecule has 1 aliphatic heterocycles. The van der Waals surface area contributed by atoms with Crippen molar-refractivity contribution in [1.29, 1.82) is 0 Å². The first-order chi connectivity index (χ1) is 10.7. The van der Waals surface area contributed by atoms with Crippen LogP contribution in [0.25, 0.3) is 11.5 Å². The number of thiazole rings is 1. The Morgan fingerprint density at radius 2 is 2.18 bits per heavy atom. The number of hydrogen-bond acceptors (Lipinski definition) is 6. The van der Waals surface area contributed by atoms with Crippen LogP contribution < -0.4 is 0 Å². The Labute approximate surface area is 133 Å². The van der Waals surface area contributed by atoms with Gasteiger partial charge in [-0.05, 0) is 13.0 Å². The van der Waals surface area contributed by atoms with Gasteiger partial charge in [0.2, 0.25) is 0 Å². The highest BCUT2D eigenvalue weighted by molar-refractivity contribution is 7.09. The quantitative estimate of drug-likeness (QED) is 0.923. The average molecular weight is 321 g/mol. The maximum Gasteiger partial charge on any atom is 0.257 e. The van der Waals surface area contributed by atoms with Crippen molar-refractivity contribution in [3.05, 3.63) is 28.3 Å². The van der Waals surface area contributed by atoms with Crippen LogP contribution >= 0.6 is 11.3 Å². The van der Waals surface area contributed by atoms with Crippen LogP contribution in [0.3, 0.4) is 0 Å². The number of nitrogens with zero attached hydrogens (tertiary/aromatic N) is 3. The third kappa shape index (κ3) is 3.21. The van der Waals surface area contributed by atoms with E-state index in [1.165, 1.54) is 6.26 Å². The lowest BCUT2D eigenvalue weighted by molar-refractivity contribution is 0.0614. The van der Waals surface area contributed by atoms with Crippen molar-refractivity contribution >= 4 is 17.2 Å². The van der Waals surface area contributed by atoms with E-state index in [0.717, 1.165) is 23.8 Å². The lowest BCUT2D eigenvalue weighted by atomic mass is 10.2. The second-order valence-electron chi connectivity index (χ2n) is 5.31. The molecule has 0 aromatic carbocycles. The van der Waals surface area contributed by atoms with Crippen molar-refractivity contribution in [2.75, 3.05) is 39.3 Å². The fraction of sp³-hybridized carbons (Fsp3) is 0.467. The summed E-state index contributed by atoms with van der Waals surface area (Å²) in [6.07, 6.45) is 1.51. The van der Waals surface area contributed by atoms with Crippen LogP contribution in [0, 0.1) is 6.92 Å². The van der Waals surface area contributed by atoms with E-state index in [0.29, 0.717) is 31.0 Å². The Balaban J connectivity index is 1.65. The molecule has 0 spiro atoms. The molecule has 6 nitrogen and oxygen atoms in total. The Morgan fingerprint density at radius 3 is 2.82 bits per heavy atom. The zero-order valence-electron chi connectivity index (χ0n) is 12.5. The number of aliphatic hydroxyl groups is 1. The number of β-amino-alcohol motifs (C(OH)–C–C–N with tert-alkyl or cyclic N) is 1. The number of carbonyl (C=O) groups is 1. The normalized spacial score (nSPS) is 16.2. The fourth-order valence-electron chi connectivity index (χ4n) is 2.56. The number of amides is 1. The van der Waals surface area contributed by atoms with E-state index < -0.39 is 0 Å². The Kier molecular flexibility index (Phi) is 4.56. The molecule has 2 aromatic heterocycles. The van der Waals surface area contributed by atoms with Gasteiger partial charge in [0.15, 0.2) is 5.76 Å². The summed E-state index contributed by atoms with van der Waals surface area (Å²) in [5.41, 5.74) is 1.34. The van der Waals surface area contributed by atoms with E-state index in [1.807, 2.05) is 17.2 Å². The molecule has 0 unspecified atom stereocenters. The van der Waals surface area contributed by atoms with E-state index in [4.69, 9.17) is 9.52 Å². The Hall–Kier alpha value is -1.70. The standard InChI is InChI=1S/C15H19N3O3S/c1-11-16-13(10-22-11)14-8-12(9-21-14)15(20)18-4-2-17(3-5-18)6-7-19/h8-10,19H,2-7H2,1H3. The molecule has 0 radical (unpaired) electrons. The topological polar surface area (TPSA) is 69.8 Å². The number of rotatable bonds is 4. The van der Waals surface area contributed by atoms with Gasteiger partial charge in [0.1, 0.15) is 12.0 Å². The Morgan fingerprint density at radius 1 is 1.41 bits per heavy atom. The maximum absolute atomic E-state index is 12.5. The van der Waals surface area contributed by atoms with Crippen LogP contribution in [-0.4, -0.2) is 65.1 Å². The number of piperazine rings is 1. The summed E-state index contributed by atoms with van der Waals surface area (Å²) < 4.78 is 5.49. The van der Waals surface area contributed by atoms with Crippen LogP contribution in [0.5, 0.6) is 0 Å². The van der Waals surface area contributed by atoms with Crippen molar-refractivity contribution < 1.29 is 14.3 Å². The monoisotopic (exact) mass is 321 g/mol. The molecule has 3 rings (SSSR count). The molecule has 118 valence electrons. The largest absolute Gasteiger partial charge is 0.462 e. The van der Waals surface area contributed by atoms with E-state index in [-0.39, 0.29) is 12.5 Å². The molecule has 1 N–H and O–H groups in total. The van der Waals surface area contributed by atoms with Gasteiger partial charge in [-0.1, -0.05) is 0 Å². The third-order valence-electron chi connectivity index (χ3n) is 3.79. The highest BCUT2D eigenvalue weighted by Crippen LogP contribution is 2.24. The van der Waals surface area contributed by atoms with Gasteiger partial charge < -0.3 is 14.4 Å². The third-order valence-corrected chi connectivity index (χ3v) is 4.57. The zero-order chi connectivity index (χ0) is 15.5. The van der Waals surface area contributed by atoms with Gasteiger partial charge >= 0.3 is 0 Å². The van der Waals surface area contributed by atoms with Gasteiger partial charge in [-0.2, -0.15) is 0 Å². The van der Waals surface area contributed by atoms with Crippen LogP contribution in [0.4, 0.5) is 0 Å². The summed E-state index contributed by atoms with van der Waals surface area (Å²) in [7, 11) is 0. The summed E-state index contributed by atoms with van der Waals surface area (Å²) in [6, 6.07) is 1.76. The highest BCUT2D eigenvalue weighted by atomic mass is 32.1. The first kappa shape index (κ1) is 15.2. The predicted molar refractivity (Wildman–Crippen MR) is 84.0 cm³/mol. The molecular formula is C15H19N3O3S. The summed E-state index contributed by atoms with van der Waals surface area (Å²) in [6.45, 7) is 5.71. The minimum Gasteiger partial charge on any atom is -0.462 e. The summed E-state index contributed by atoms with van der Waals surface area (Å²) in [5, 5.41) is 11.8. The molecule has 0 atom stereocenters. The van der Waals surface area contributed by atoms with Crippen molar-refractivity contribution in [1.82, 2.24) is 14.8 Å². The molecule has 3 heterocycles. The van der Waals surface area contributed by atoms with Crippen molar-refractivity contribution in [3.8, 4) is 11.5 Å². The molecule has 1 aliphatic rings. The summed E-state index contributed by atoms with van der Waals surface area (Å²) >= 11 is 1.56. The van der Waals surface area contributed by atoms with Gasteiger partial charge in [-0.3, -0.25) is 9.69 Å². The first-order valence-corrected chi connectivity index (χ1v) is 8.19. The van der Waals surface area contributed by atoms with Crippen molar-refractivity contribution in [2.24, 2.45) is 0 Å². The Bertz CT molecular complexity index is 644. The van der Waals surface area contributed by atoms with Crippen LogP contribution in [0.1, 0.15) is 15.4 Å². The molecular weight excluding hydrogens is 302 g/mol. The molecule has 7 heteroatoms. The van der Waals surface area contributed by atoms with E-state index in [1.54, 1.807) is 17.4 Å². The smallest absolute Gasteiger partial charge is 0.257 e. The van der Waals surface area contributed by atoms with E-state index >= 15 is 0 Å². The molecule has 1 amide bonds. The molecule has 1 fully saturated rings. The molecule has 0 aliphatic carbocycles. The average Bonchev–Trinajstić information content (AvgIpc) is 3.16. The molecule has 0 saturated carbocycles. The molecule has 1 saturated heterocycles. The van der Waals surface area contributed by atoms with Gasteiger partial charge in [0.05, 0.1) is 17.2 Å². The minimum absolute atomic E-state index is 0.00870. The lowest BCUT2D eigenvalue weighted by Crippen LogP contribution is -2.49. The first-order valence-electron chi connectivity index (χ1n) is 7.31. The highest BCUT2D eigenvalue weighted by Gasteiger charge is 2.23. The van der Waals surface area contributed by atoms with Gasteiger partial charge in [-0.15, -0.1) is 11.3 Å². The summed E-state index contributed by atoms with van der Waals surface area (Å²) in [5.74, 6) is 0.622. The zero-order valence-corrected chi connectivity index (χ0v) is 13.3. The van der Waals surface area contributed by atoms with Crippen LogP contribution in [0.2, 0.25) is 0 Å². The predicted octanol–water partition coefficient (Wildman–Crippen LogP) is 1.46. The number of carbonyl (C=O) groups excluding carboxylic acids is 1. The minimum atomic E-state index is -0.00870. The van der Waals surface area contributed by atoms with Crippen LogP contribution in [0.15, 0.2) is 22.1 Å². The van der Waals surface area contributed by atoms with E-state index in [9.17, 15) is 4.79 Å². The van der Waals surface area contributed by atoms with Crippen LogP contribution in [-0.2, 0) is 0 Å². The number of aryl methyl sites for hydroxylation is 1. The number of aliphatic hydroxyl groups excluding tert-OH is 1. The number of hydrogen-bond donors (Lipinski definition) is 1. The lowest BCUT2D eigenvalue weighted by Gasteiger charge is -2.34. The molecule has 22 heavy (non-hydrogen) atoms. The number of aromatic nitrogens is 1. The maximum atomic E-state index is 12.5. The number of furan rings is 1. The second-order valence-corrected chi connectivity index (χ2v) is 6.37. The molecule has 2 aromatic rings. The SMILES string of the molecule is Cc1nc(-c2cc(C(=O)N3CCN(CCO)CC3)co2)cs1. The molecule has 0 bridgehead atoms. The summed E-state index contributed by atoms with van der Waals surface area (Å²) in [4.78, 5) is 20.8. The van der Waals surface area contributed by atoms with Crippen molar-refractivity contribution in [3.63, 3.8) is 0 Å². The van der Waals surface area contributed by atoms with Gasteiger partial charge in [0.25, 0.3) is 5.91 Å². The van der Waals surface area contributed by atoms with Crippen molar-refractivity contribution in [2.45, 2.75) is 6.92 Å². The van der Waals surface area contributed by atoms with Gasteiger partial charge in [0, 0.05) is 38.1 Å². The van der Waals surface area contributed by atoms with Gasteiger partial charge in [-0.25, -0.2) is 4.98 Å². The van der Waals surface area contributed by atoms with E-state index in [2.05, 4.69) is 9.88 Å².